The van der Waals surface area contributed by atoms with Crippen LogP contribution in [0.2, 0.25) is 0 Å². The number of amides is 1. The third-order valence-corrected chi connectivity index (χ3v) is 3.20. The van der Waals surface area contributed by atoms with Crippen LogP contribution in [0.4, 0.5) is 4.39 Å². The van der Waals surface area contributed by atoms with E-state index in [0.717, 1.165) is 6.42 Å². The van der Waals surface area contributed by atoms with Crippen LogP contribution in [0.1, 0.15) is 49.7 Å². The quantitative estimate of drug-likeness (QED) is 0.717. The second-order valence-corrected chi connectivity index (χ2v) is 4.95. The van der Waals surface area contributed by atoms with Gasteiger partial charge >= 0.3 is 0 Å². The van der Waals surface area contributed by atoms with Crippen molar-refractivity contribution in [3.05, 3.63) is 41.5 Å². The van der Waals surface area contributed by atoms with E-state index in [4.69, 9.17) is 0 Å². The minimum atomic E-state index is -1.07. The van der Waals surface area contributed by atoms with Gasteiger partial charge in [-0.25, -0.2) is 4.39 Å². The molecule has 1 aromatic carbocycles. The van der Waals surface area contributed by atoms with Crippen molar-refractivity contribution in [2.45, 2.75) is 38.3 Å². The predicted octanol–water partition coefficient (Wildman–Crippen LogP) is 1.42. The van der Waals surface area contributed by atoms with Crippen molar-refractivity contribution in [2.75, 3.05) is 0 Å². The lowest BCUT2D eigenvalue weighted by atomic mass is 10.1. The Labute approximate surface area is 126 Å². The van der Waals surface area contributed by atoms with Crippen molar-refractivity contribution in [3.63, 3.8) is 0 Å². The molecular weight excluding hydrogens is 289 g/mol. The van der Waals surface area contributed by atoms with Gasteiger partial charge in [-0.2, -0.15) is 5.21 Å². The number of halogens is 1. The van der Waals surface area contributed by atoms with Gasteiger partial charge in [-0.1, -0.05) is 30.7 Å². The SMILES string of the molecule is CCCC(NC(=O)CC(O)c1cccc(F)c1)c1nn[nH]n1. The summed E-state index contributed by atoms with van der Waals surface area (Å²) in [6.07, 6.45) is 0.248. The second kappa shape index (κ2) is 7.60. The normalized spacial score (nSPS) is 13.6. The van der Waals surface area contributed by atoms with Gasteiger partial charge in [0.1, 0.15) is 5.82 Å². The number of hydrogen-bond donors (Lipinski definition) is 3. The molecule has 0 aliphatic rings. The van der Waals surface area contributed by atoms with Gasteiger partial charge in [0.25, 0.3) is 0 Å². The Morgan fingerprint density at radius 3 is 2.95 bits per heavy atom. The van der Waals surface area contributed by atoms with Gasteiger partial charge in [0.15, 0.2) is 5.82 Å². The monoisotopic (exact) mass is 307 g/mol. The van der Waals surface area contributed by atoms with Crippen LogP contribution in [0.5, 0.6) is 0 Å². The molecular formula is C14H18FN5O2. The number of aliphatic hydroxyl groups is 1. The number of carbonyl (C=O) groups excluding carboxylic acids is 1. The van der Waals surface area contributed by atoms with E-state index >= 15 is 0 Å². The van der Waals surface area contributed by atoms with E-state index in [-0.39, 0.29) is 18.4 Å². The lowest BCUT2D eigenvalue weighted by molar-refractivity contribution is -0.124. The summed E-state index contributed by atoms with van der Waals surface area (Å²) in [4.78, 5) is 12.0. The zero-order valence-electron chi connectivity index (χ0n) is 12.2. The van der Waals surface area contributed by atoms with Crippen LogP contribution in [-0.2, 0) is 4.79 Å². The van der Waals surface area contributed by atoms with Crippen molar-refractivity contribution in [1.82, 2.24) is 25.9 Å². The molecule has 2 aromatic rings. The summed E-state index contributed by atoms with van der Waals surface area (Å²) >= 11 is 0. The maximum Gasteiger partial charge on any atom is 0.223 e. The molecule has 0 fully saturated rings. The number of hydrogen-bond acceptors (Lipinski definition) is 5. The molecule has 0 aliphatic heterocycles. The first-order valence-electron chi connectivity index (χ1n) is 7.06. The van der Waals surface area contributed by atoms with Gasteiger partial charge in [-0.05, 0) is 24.1 Å². The number of aromatic amines is 1. The molecule has 0 spiro atoms. The van der Waals surface area contributed by atoms with Crippen molar-refractivity contribution >= 4 is 5.91 Å². The third-order valence-electron chi connectivity index (χ3n) is 3.20. The van der Waals surface area contributed by atoms with Crippen LogP contribution < -0.4 is 5.32 Å². The van der Waals surface area contributed by atoms with E-state index < -0.39 is 11.9 Å². The zero-order valence-corrected chi connectivity index (χ0v) is 12.2. The first-order chi connectivity index (χ1) is 10.6. The molecule has 22 heavy (non-hydrogen) atoms. The number of tetrazole rings is 1. The standard InChI is InChI=1S/C14H18FN5O2/c1-2-4-11(14-17-19-20-18-14)16-13(22)8-12(21)9-5-3-6-10(15)7-9/h3,5-7,11-12,21H,2,4,8H2,1H3,(H,16,22)(H,17,18,19,20). The Balaban J connectivity index is 1.96. The highest BCUT2D eigenvalue weighted by molar-refractivity contribution is 5.77. The van der Waals surface area contributed by atoms with Gasteiger partial charge in [0.2, 0.25) is 5.91 Å². The van der Waals surface area contributed by atoms with Gasteiger partial charge in [-0.3, -0.25) is 4.79 Å². The van der Waals surface area contributed by atoms with Crippen LogP contribution in [0.3, 0.4) is 0 Å². The molecule has 8 heteroatoms. The van der Waals surface area contributed by atoms with Crippen LogP contribution in [0, 0.1) is 5.82 Å². The molecule has 2 rings (SSSR count). The minimum absolute atomic E-state index is 0.165. The zero-order chi connectivity index (χ0) is 15.9. The molecule has 0 aliphatic carbocycles. The highest BCUT2D eigenvalue weighted by Crippen LogP contribution is 2.19. The molecule has 1 aromatic heterocycles. The lowest BCUT2D eigenvalue weighted by Gasteiger charge is -2.16. The van der Waals surface area contributed by atoms with Gasteiger partial charge in [0.05, 0.1) is 18.6 Å². The third kappa shape index (κ3) is 4.32. The first kappa shape index (κ1) is 16.0. The molecule has 118 valence electrons. The van der Waals surface area contributed by atoms with Crippen molar-refractivity contribution in [1.29, 1.82) is 0 Å². The smallest absolute Gasteiger partial charge is 0.223 e. The Hall–Kier alpha value is -2.35. The summed E-state index contributed by atoms with van der Waals surface area (Å²) in [5.41, 5.74) is 0.363. The van der Waals surface area contributed by atoms with E-state index in [1.165, 1.54) is 18.2 Å². The average molecular weight is 307 g/mol. The number of nitrogens with one attached hydrogen (secondary N) is 2. The topological polar surface area (TPSA) is 104 Å². The molecule has 0 saturated carbocycles. The highest BCUT2D eigenvalue weighted by Gasteiger charge is 2.20. The van der Waals surface area contributed by atoms with Crippen LogP contribution in [0.15, 0.2) is 24.3 Å². The molecule has 0 radical (unpaired) electrons. The maximum atomic E-state index is 13.1. The van der Waals surface area contributed by atoms with E-state index in [2.05, 4.69) is 25.9 Å². The molecule has 1 heterocycles. The van der Waals surface area contributed by atoms with Gasteiger partial charge < -0.3 is 10.4 Å². The summed E-state index contributed by atoms with van der Waals surface area (Å²) in [7, 11) is 0. The fraction of sp³-hybridized carbons (Fsp3) is 0.429. The van der Waals surface area contributed by atoms with Crippen LogP contribution in [0.25, 0.3) is 0 Å². The Kier molecular flexibility index (Phi) is 5.54. The summed E-state index contributed by atoms with van der Waals surface area (Å²) in [5, 5.41) is 26.3. The fourth-order valence-electron chi connectivity index (χ4n) is 2.13. The first-order valence-corrected chi connectivity index (χ1v) is 7.06. The molecule has 2 unspecified atom stereocenters. The average Bonchev–Trinajstić information content (AvgIpc) is 3.01. The Bertz CT molecular complexity index is 605. The Morgan fingerprint density at radius 2 is 2.32 bits per heavy atom. The highest BCUT2D eigenvalue weighted by atomic mass is 19.1. The van der Waals surface area contributed by atoms with E-state index in [1.54, 1.807) is 6.07 Å². The number of aromatic nitrogens is 4. The van der Waals surface area contributed by atoms with Crippen molar-refractivity contribution in [3.8, 4) is 0 Å². The minimum Gasteiger partial charge on any atom is -0.388 e. The van der Waals surface area contributed by atoms with Gasteiger partial charge in [0, 0.05) is 0 Å². The molecule has 0 saturated heterocycles. The van der Waals surface area contributed by atoms with E-state index in [0.29, 0.717) is 17.8 Å². The summed E-state index contributed by atoms with van der Waals surface area (Å²) < 4.78 is 13.1. The largest absolute Gasteiger partial charge is 0.388 e. The molecule has 0 bridgehead atoms. The van der Waals surface area contributed by atoms with Crippen LogP contribution >= 0.6 is 0 Å². The summed E-state index contributed by atoms with van der Waals surface area (Å²) in [5.74, 6) is -0.414. The second-order valence-electron chi connectivity index (χ2n) is 4.95. The lowest BCUT2D eigenvalue weighted by Crippen LogP contribution is -2.30. The molecule has 1 amide bonds. The number of H-pyrrole nitrogens is 1. The number of carbonyl (C=O) groups is 1. The number of benzene rings is 1. The van der Waals surface area contributed by atoms with E-state index in [1.807, 2.05) is 6.92 Å². The predicted molar refractivity (Wildman–Crippen MR) is 75.9 cm³/mol. The Morgan fingerprint density at radius 1 is 1.50 bits per heavy atom. The number of nitrogens with zero attached hydrogens (tertiary/aromatic N) is 3. The summed E-state index contributed by atoms with van der Waals surface area (Å²) in [6, 6.07) is 5.19. The van der Waals surface area contributed by atoms with E-state index in [9.17, 15) is 14.3 Å². The van der Waals surface area contributed by atoms with Crippen LogP contribution in [-0.4, -0.2) is 31.6 Å². The van der Waals surface area contributed by atoms with Gasteiger partial charge in [-0.15, -0.1) is 10.2 Å². The number of aliphatic hydroxyl groups excluding tert-OH is 1. The fourth-order valence-corrected chi connectivity index (χ4v) is 2.13. The summed E-state index contributed by atoms with van der Waals surface area (Å²) in [6.45, 7) is 1.97. The molecule has 3 N–H and O–H groups in total. The maximum absolute atomic E-state index is 13.1. The molecule has 2 atom stereocenters. The van der Waals surface area contributed by atoms with Crippen molar-refractivity contribution in [2.24, 2.45) is 0 Å². The van der Waals surface area contributed by atoms with Crippen molar-refractivity contribution < 1.29 is 14.3 Å². The molecule has 7 nitrogen and oxygen atoms in total. The number of rotatable bonds is 7.